The summed E-state index contributed by atoms with van der Waals surface area (Å²) >= 11 is -3.01. The first kappa shape index (κ1) is 48.6. The second-order valence-corrected chi connectivity index (χ2v) is 16.6. The Morgan fingerprint density at radius 3 is 0.480 bits per heavy atom. The number of hydrogen-bond donors (Lipinski definition) is 0. The Labute approximate surface area is 263 Å². The number of hydrogen-bond acceptors (Lipinski definition) is 6. The molecule has 0 unspecified atom stereocenters. The van der Waals surface area contributed by atoms with Crippen LogP contribution >= 0.6 is 0 Å². The summed E-state index contributed by atoms with van der Waals surface area (Å²) in [7, 11) is -32.7. The molecule has 296 valence electrons. The van der Waals surface area contributed by atoms with Crippen LogP contribution in [0.25, 0.3) is 0 Å². The van der Waals surface area contributed by atoms with Gasteiger partial charge in [-0.1, -0.05) is 0 Å². The third-order valence-electron chi connectivity index (χ3n) is 5.82. The third kappa shape index (κ3) is 5.42. The second-order valence-electron chi connectivity index (χ2n) is 8.86. The summed E-state index contributed by atoms with van der Waals surface area (Å²) in [5.74, 6) is -55.2. The van der Waals surface area contributed by atoms with E-state index in [1.165, 1.54) is 0 Å². The van der Waals surface area contributed by atoms with Crippen molar-refractivity contribution in [2.24, 2.45) is 0 Å². The van der Waals surface area contributed by atoms with Crippen molar-refractivity contribution in [3.8, 4) is 0 Å². The van der Waals surface area contributed by atoms with Gasteiger partial charge in [-0.2, -0.15) is 0 Å². The molecular formula is C13F27LiO6S3. The first-order chi connectivity index (χ1) is 20.8. The van der Waals surface area contributed by atoms with Crippen LogP contribution in [0.5, 0.6) is 0 Å². The van der Waals surface area contributed by atoms with Crippen LogP contribution in [0.15, 0.2) is 0 Å². The molecule has 0 saturated carbocycles. The molecule has 0 aliphatic heterocycles. The van der Waals surface area contributed by atoms with Gasteiger partial charge in [-0.15, -0.1) is 0 Å². The van der Waals surface area contributed by atoms with Crippen molar-refractivity contribution in [1.82, 2.24) is 0 Å². The molecule has 37 heteroatoms. The van der Waals surface area contributed by atoms with Crippen LogP contribution in [0, 0.1) is 0 Å². The van der Waals surface area contributed by atoms with Crippen LogP contribution in [0.4, 0.5) is 119 Å². The van der Waals surface area contributed by atoms with Crippen LogP contribution < -0.4 is 0 Å². The minimum atomic E-state index is -10.9. The van der Waals surface area contributed by atoms with E-state index in [1.807, 2.05) is 0 Å². The van der Waals surface area contributed by atoms with Crippen LogP contribution in [-0.2, 0) is 29.5 Å². The van der Waals surface area contributed by atoms with Crippen molar-refractivity contribution in [1.29, 1.82) is 0 Å². The quantitative estimate of drug-likeness (QED) is 0.169. The Bertz CT molecular complexity index is 1460. The van der Waals surface area contributed by atoms with Gasteiger partial charge < -0.3 is 0 Å². The first-order valence-electron chi connectivity index (χ1n) is 10.1. The summed E-state index contributed by atoms with van der Waals surface area (Å²) in [4.78, 5) is 0. The molecule has 0 rings (SSSR count). The van der Waals surface area contributed by atoms with Crippen molar-refractivity contribution in [2.45, 2.75) is 71.9 Å². The van der Waals surface area contributed by atoms with Crippen molar-refractivity contribution in [3.63, 3.8) is 0 Å². The summed E-state index contributed by atoms with van der Waals surface area (Å²) in [6, 6.07) is 0. The summed E-state index contributed by atoms with van der Waals surface area (Å²) < 4.78 is 424. The van der Waals surface area contributed by atoms with E-state index in [0.717, 1.165) is 0 Å². The van der Waals surface area contributed by atoms with Crippen molar-refractivity contribution in [2.75, 3.05) is 0 Å². The van der Waals surface area contributed by atoms with E-state index in [2.05, 4.69) is 0 Å². The van der Waals surface area contributed by atoms with Crippen molar-refractivity contribution >= 4 is 47.2 Å². The zero-order valence-electron chi connectivity index (χ0n) is 21.4. The molecule has 0 aliphatic rings. The fraction of sp³-hybridized carbons (Fsp3) is 1.00. The van der Waals surface area contributed by atoms with Crippen molar-refractivity contribution < 1.29 is 144 Å². The van der Waals surface area contributed by atoms with E-state index in [4.69, 9.17) is 0 Å². The molecule has 0 aromatic heterocycles. The molecule has 0 spiro atoms. The van der Waals surface area contributed by atoms with Crippen LogP contribution in [0.2, 0.25) is 0 Å². The molecule has 0 amide bonds. The van der Waals surface area contributed by atoms with Gasteiger partial charge in [0.15, 0.2) is 0 Å². The SMILES string of the molecule is [Li][C](S(=O)(=O)C(F)(F)C(F)(F)C(F)(F)C(F)(F)F)(S(=O)(=O)C(F)(F)C(F)(F)C(F)(F)C(F)(F)F)S(=O)(=O)C(F)(F)C(F)(F)C(F)(F)C(F)(F)F. The molecule has 0 bridgehead atoms. The van der Waals surface area contributed by atoms with Crippen LogP contribution in [0.3, 0.4) is 0 Å². The molecule has 0 radical (unpaired) electrons. The van der Waals surface area contributed by atoms with Gasteiger partial charge in [0.05, 0.1) is 0 Å². The molecule has 0 aliphatic carbocycles. The van der Waals surface area contributed by atoms with Gasteiger partial charge >= 0.3 is 263 Å². The first-order valence-corrected chi connectivity index (χ1v) is 14.5. The van der Waals surface area contributed by atoms with Gasteiger partial charge in [0.1, 0.15) is 0 Å². The van der Waals surface area contributed by atoms with E-state index >= 15 is 0 Å². The van der Waals surface area contributed by atoms with E-state index < -0.39 is 119 Å². The molecule has 0 atom stereocenters. The standard InChI is InChI=1S/C13F27O6S3.Li/c14-2(15,8(26,27)28)5(20,21)11(35,36)47(41,42)1(48(43,44)12(37,38)6(22,23)3(16,17)9(29,30)31)49(45,46)13(39,40)7(24,25)4(18,19)10(32,33)34;. The Morgan fingerprint density at radius 1 is 0.260 bits per heavy atom. The summed E-state index contributed by atoms with van der Waals surface area (Å²) in [6.07, 6.45) is -25.4. The molecule has 50 heavy (non-hydrogen) atoms. The Balaban J connectivity index is 9.19. The van der Waals surface area contributed by atoms with Crippen LogP contribution in [-0.4, -0.2) is 115 Å². The molecular weight excluding hydrogens is 868 g/mol. The zero-order chi connectivity index (χ0) is 42.0. The Hall–Kier alpha value is -1.44. The van der Waals surface area contributed by atoms with E-state index in [-0.39, 0.29) is 0 Å². The van der Waals surface area contributed by atoms with Crippen molar-refractivity contribution in [3.05, 3.63) is 0 Å². The molecule has 0 aromatic rings. The Morgan fingerprint density at radius 2 is 0.380 bits per heavy atom. The average Bonchev–Trinajstić information content (AvgIpc) is 2.84. The molecule has 0 N–H and O–H groups in total. The van der Waals surface area contributed by atoms with Gasteiger partial charge in [0, 0.05) is 0 Å². The van der Waals surface area contributed by atoms with E-state index in [0.29, 0.717) is 0 Å². The van der Waals surface area contributed by atoms with E-state index in [1.54, 1.807) is 0 Å². The second kappa shape index (κ2) is 11.5. The third-order valence-corrected chi connectivity index (χ3v) is 15.5. The number of rotatable bonds is 12. The predicted octanol–water partition coefficient (Wildman–Crippen LogP) is 6.29. The molecule has 0 fully saturated rings. The normalized spacial score (nSPS) is 17.3. The van der Waals surface area contributed by atoms with Gasteiger partial charge in [-0.05, 0) is 0 Å². The molecule has 0 saturated heterocycles. The predicted molar refractivity (Wildman–Crippen MR) is 97.9 cm³/mol. The zero-order valence-corrected chi connectivity index (χ0v) is 23.8. The minimum absolute atomic E-state index is 3.01. The van der Waals surface area contributed by atoms with Gasteiger partial charge in [0.25, 0.3) is 0 Å². The number of sulfone groups is 3. The summed E-state index contributed by atoms with van der Waals surface area (Å²) in [6.45, 7) is 0. The monoisotopic (exact) mass is 868 g/mol. The van der Waals surface area contributed by atoms with E-state index in [9.17, 15) is 144 Å². The van der Waals surface area contributed by atoms with Gasteiger partial charge in [-0.3, -0.25) is 0 Å². The molecule has 0 heterocycles. The Kier molecular flexibility index (Phi) is 11.2. The van der Waals surface area contributed by atoms with Crippen LogP contribution in [0.1, 0.15) is 0 Å². The fourth-order valence-electron chi connectivity index (χ4n) is 2.72. The van der Waals surface area contributed by atoms with Gasteiger partial charge in [-0.25, -0.2) is 0 Å². The van der Waals surface area contributed by atoms with Gasteiger partial charge in [0.2, 0.25) is 0 Å². The fourth-order valence-corrected chi connectivity index (χ4v) is 10.9. The average molecular weight is 868 g/mol. The summed E-state index contributed by atoms with van der Waals surface area (Å²) in [5, 5.41) is -28.9. The molecule has 0 aromatic carbocycles. The topological polar surface area (TPSA) is 102 Å². The number of alkyl halides is 27. The molecule has 6 nitrogen and oxygen atoms in total. The number of halogens is 27. The summed E-state index contributed by atoms with van der Waals surface area (Å²) in [5.41, 5.74) is 0. The maximum atomic E-state index is 14.4. The maximum absolute atomic E-state index is 14.4.